The number of amides is 2. The predicted octanol–water partition coefficient (Wildman–Crippen LogP) is 0.970. The normalized spacial score (nSPS) is 22.9. The number of nitrogens with zero attached hydrogens (tertiary/aromatic N) is 1. The van der Waals surface area contributed by atoms with E-state index >= 15 is 0 Å². The fourth-order valence-corrected chi connectivity index (χ4v) is 3.08. The summed E-state index contributed by atoms with van der Waals surface area (Å²) in [6, 6.07) is 8.25. The molecule has 0 bridgehead atoms. The molecule has 2 unspecified atom stereocenters. The summed E-state index contributed by atoms with van der Waals surface area (Å²) in [4.78, 5) is 26.4. The molecule has 1 N–H and O–H groups in total. The van der Waals surface area contributed by atoms with E-state index in [4.69, 9.17) is 4.74 Å². The molecule has 2 aliphatic rings. The van der Waals surface area contributed by atoms with Crippen LogP contribution >= 0.6 is 0 Å². The van der Waals surface area contributed by atoms with E-state index in [0.29, 0.717) is 26.1 Å². The van der Waals surface area contributed by atoms with E-state index in [1.165, 1.54) is 11.1 Å². The highest BCUT2D eigenvalue weighted by atomic mass is 16.5. The monoisotopic (exact) mass is 302 g/mol. The summed E-state index contributed by atoms with van der Waals surface area (Å²) in [5.74, 6) is -0.177. The van der Waals surface area contributed by atoms with Crippen LogP contribution in [0, 0.1) is 11.8 Å². The molecule has 1 aliphatic heterocycles. The van der Waals surface area contributed by atoms with Gasteiger partial charge >= 0.3 is 0 Å². The summed E-state index contributed by atoms with van der Waals surface area (Å²) in [5, 5.41) is 2.81. The SMILES string of the molecule is COCCNC(=O)C1CC1C(=O)N1CCc2ccccc2C1. The lowest BCUT2D eigenvalue weighted by Gasteiger charge is -2.29. The first kappa shape index (κ1) is 15.0. The van der Waals surface area contributed by atoms with E-state index in [1.807, 2.05) is 17.0 Å². The van der Waals surface area contributed by atoms with Gasteiger partial charge in [-0.25, -0.2) is 0 Å². The summed E-state index contributed by atoms with van der Waals surface area (Å²) in [5.41, 5.74) is 2.56. The van der Waals surface area contributed by atoms with E-state index in [-0.39, 0.29) is 23.7 Å². The Balaban J connectivity index is 1.53. The van der Waals surface area contributed by atoms with E-state index in [1.54, 1.807) is 7.11 Å². The molecule has 1 fully saturated rings. The lowest BCUT2D eigenvalue weighted by molar-refractivity contribution is -0.135. The average molecular weight is 302 g/mol. The molecule has 5 heteroatoms. The molecule has 0 saturated heterocycles. The van der Waals surface area contributed by atoms with Gasteiger partial charge in [-0.1, -0.05) is 24.3 Å². The highest BCUT2D eigenvalue weighted by molar-refractivity contribution is 5.92. The molecule has 3 rings (SSSR count). The molecule has 118 valence electrons. The molecule has 1 aromatic carbocycles. The Bertz CT molecular complexity index is 573. The topological polar surface area (TPSA) is 58.6 Å². The molecule has 1 aliphatic carbocycles. The number of hydrogen-bond acceptors (Lipinski definition) is 3. The minimum Gasteiger partial charge on any atom is -0.383 e. The Morgan fingerprint density at radius 2 is 2.05 bits per heavy atom. The van der Waals surface area contributed by atoms with Crippen LogP contribution in [-0.4, -0.2) is 43.5 Å². The van der Waals surface area contributed by atoms with Crippen LogP contribution in [0.25, 0.3) is 0 Å². The van der Waals surface area contributed by atoms with Crippen LogP contribution in [0.15, 0.2) is 24.3 Å². The lowest BCUT2D eigenvalue weighted by Crippen LogP contribution is -2.38. The van der Waals surface area contributed by atoms with Crippen LogP contribution in [0.4, 0.5) is 0 Å². The van der Waals surface area contributed by atoms with Crippen molar-refractivity contribution in [1.82, 2.24) is 10.2 Å². The maximum atomic E-state index is 12.5. The minimum atomic E-state index is -0.151. The van der Waals surface area contributed by atoms with Crippen molar-refractivity contribution in [2.45, 2.75) is 19.4 Å². The van der Waals surface area contributed by atoms with Crippen molar-refractivity contribution in [2.75, 3.05) is 26.8 Å². The molecule has 22 heavy (non-hydrogen) atoms. The second-order valence-electron chi connectivity index (χ2n) is 6.01. The molecule has 1 saturated carbocycles. The van der Waals surface area contributed by atoms with Crippen LogP contribution in [0.3, 0.4) is 0 Å². The number of benzene rings is 1. The van der Waals surface area contributed by atoms with Crippen LogP contribution in [-0.2, 0) is 27.3 Å². The molecule has 1 heterocycles. The Morgan fingerprint density at radius 3 is 2.82 bits per heavy atom. The number of ether oxygens (including phenoxy) is 1. The van der Waals surface area contributed by atoms with Crippen LogP contribution in [0.5, 0.6) is 0 Å². The Hall–Kier alpha value is -1.88. The number of methoxy groups -OCH3 is 1. The van der Waals surface area contributed by atoms with Gasteiger partial charge in [0.2, 0.25) is 11.8 Å². The van der Waals surface area contributed by atoms with Gasteiger partial charge in [-0.3, -0.25) is 9.59 Å². The second kappa shape index (κ2) is 6.48. The van der Waals surface area contributed by atoms with Crippen LogP contribution in [0.1, 0.15) is 17.5 Å². The molecule has 2 amide bonds. The number of carbonyl (C=O) groups excluding carboxylic acids is 2. The summed E-state index contributed by atoms with van der Waals surface area (Å²) in [6.45, 7) is 2.43. The third kappa shape index (κ3) is 3.14. The van der Waals surface area contributed by atoms with Gasteiger partial charge in [-0.2, -0.15) is 0 Å². The molecular formula is C17H22N2O3. The number of hydrogen-bond donors (Lipinski definition) is 1. The summed E-state index contributed by atoms with van der Waals surface area (Å²) < 4.78 is 4.91. The van der Waals surface area contributed by atoms with Crippen molar-refractivity contribution < 1.29 is 14.3 Å². The number of nitrogens with one attached hydrogen (secondary N) is 1. The highest BCUT2D eigenvalue weighted by Crippen LogP contribution is 2.40. The predicted molar refractivity (Wildman–Crippen MR) is 82.0 cm³/mol. The van der Waals surface area contributed by atoms with Crippen molar-refractivity contribution in [3.8, 4) is 0 Å². The van der Waals surface area contributed by atoms with Gasteiger partial charge in [-0.15, -0.1) is 0 Å². The Morgan fingerprint density at radius 1 is 1.27 bits per heavy atom. The molecule has 5 nitrogen and oxygen atoms in total. The summed E-state index contributed by atoms with van der Waals surface area (Å²) >= 11 is 0. The van der Waals surface area contributed by atoms with Gasteiger partial charge in [0, 0.05) is 26.7 Å². The smallest absolute Gasteiger partial charge is 0.226 e. The molecule has 1 aromatic rings. The van der Waals surface area contributed by atoms with Gasteiger partial charge in [0.05, 0.1) is 18.4 Å². The first-order valence-corrected chi connectivity index (χ1v) is 7.83. The van der Waals surface area contributed by atoms with E-state index in [0.717, 1.165) is 13.0 Å². The zero-order valence-corrected chi connectivity index (χ0v) is 12.9. The molecular weight excluding hydrogens is 280 g/mol. The van der Waals surface area contributed by atoms with Gasteiger partial charge in [0.1, 0.15) is 0 Å². The molecule has 0 radical (unpaired) electrons. The Kier molecular flexibility index (Phi) is 4.43. The second-order valence-corrected chi connectivity index (χ2v) is 6.01. The van der Waals surface area contributed by atoms with Gasteiger partial charge in [0.25, 0.3) is 0 Å². The maximum absolute atomic E-state index is 12.5. The first-order valence-electron chi connectivity index (χ1n) is 7.83. The summed E-state index contributed by atoms with van der Waals surface area (Å²) in [7, 11) is 1.60. The van der Waals surface area contributed by atoms with Crippen LogP contribution in [0.2, 0.25) is 0 Å². The van der Waals surface area contributed by atoms with Gasteiger partial charge < -0.3 is 15.0 Å². The van der Waals surface area contributed by atoms with Crippen molar-refractivity contribution in [3.05, 3.63) is 35.4 Å². The zero-order chi connectivity index (χ0) is 15.5. The lowest BCUT2D eigenvalue weighted by atomic mass is 9.99. The zero-order valence-electron chi connectivity index (χ0n) is 12.9. The van der Waals surface area contributed by atoms with Crippen molar-refractivity contribution in [2.24, 2.45) is 11.8 Å². The largest absolute Gasteiger partial charge is 0.383 e. The summed E-state index contributed by atoms with van der Waals surface area (Å²) in [6.07, 6.45) is 1.58. The average Bonchev–Trinajstić information content (AvgIpc) is 3.34. The number of carbonyl (C=O) groups is 2. The molecule has 2 atom stereocenters. The molecule has 0 spiro atoms. The molecule has 0 aromatic heterocycles. The number of fused-ring (bicyclic) bond motifs is 1. The standard InChI is InChI=1S/C17H22N2O3/c1-22-9-7-18-16(20)14-10-15(14)17(21)19-8-6-12-4-2-3-5-13(12)11-19/h2-5,14-15H,6-11H2,1H3,(H,18,20). The van der Waals surface area contributed by atoms with Crippen molar-refractivity contribution >= 4 is 11.8 Å². The van der Waals surface area contributed by atoms with E-state index < -0.39 is 0 Å². The highest BCUT2D eigenvalue weighted by Gasteiger charge is 2.49. The maximum Gasteiger partial charge on any atom is 0.226 e. The third-order valence-corrected chi connectivity index (χ3v) is 4.49. The van der Waals surface area contributed by atoms with E-state index in [2.05, 4.69) is 17.4 Å². The minimum absolute atomic E-state index is 0.0205. The van der Waals surface area contributed by atoms with E-state index in [9.17, 15) is 9.59 Å². The Labute approximate surface area is 130 Å². The van der Waals surface area contributed by atoms with Crippen molar-refractivity contribution in [3.63, 3.8) is 0 Å². The third-order valence-electron chi connectivity index (χ3n) is 4.49. The quantitative estimate of drug-likeness (QED) is 0.825. The van der Waals surface area contributed by atoms with Crippen molar-refractivity contribution in [1.29, 1.82) is 0 Å². The van der Waals surface area contributed by atoms with Crippen LogP contribution < -0.4 is 5.32 Å². The van der Waals surface area contributed by atoms with Gasteiger partial charge in [0.15, 0.2) is 0 Å². The van der Waals surface area contributed by atoms with Gasteiger partial charge in [-0.05, 0) is 24.0 Å². The first-order chi connectivity index (χ1) is 10.7. The number of rotatable bonds is 5. The fourth-order valence-electron chi connectivity index (χ4n) is 3.08. The fraction of sp³-hybridized carbons (Fsp3) is 0.529.